The Bertz CT molecular complexity index is 661. The van der Waals surface area contributed by atoms with Crippen molar-refractivity contribution in [3.8, 4) is 0 Å². The molecule has 0 aliphatic carbocycles. The van der Waals surface area contributed by atoms with Crippen molar-refractivity contribution in [3.63, 3.8) is 0 Å². The molecular formula is C12H17N3O3S2. The number of nitrogens with one attached hydrogen (secondary N) is 2. The SMILES string of the molecule is CCNCc1cc(S(=O)(=O)NCc2cc(C)no2)cs1. The van der Waals surface area contributed by atoms with Crippen LogP contribution in [0.5, 0.6) is 0 Å². The number of nitrogens with zero attached hydrogens (tertiary/aromatic N) is 1. The maximum Gasteiger partial charge on any atom is 0.241 e. The molecular weight excluding hydrogens is 298 g/mol. The number of thiophene rings is 1. The molecule has 2 aromatic heterocycles. The standard InChI is InChI=1S/C12H17N3O3S2/c1-3-13-7-11-5-12(8-19-11)20(16,17)14-6-10-4-9(2)15-18-10/h4-5,8,13-14H,3,6-7H2,1-2H3. The van der Waals surface area contributed by atoms with E-state index >= 15 is 0 Å². The molecule has 110 valence electrons. The smallest absolute Gasteiger partial charge is 0.241 e. The van der Waals surface area contributed by atoms with Crippen molar-refractivity contribution in [2.45, 2.75) is 31.8 Å². The molecule has 0 unspecified atom stereocenters. The Labute approximate surface area is 122 Å². The van der Waals surface area contributed by atoms with Crippen LogP contribution in [0.4, 0.5) is 0 Å². The molecule has 2 heterocycles. The lowest BCUT2D eigenvalue weighted by atomic mass is 10.4. The van der Waals surface area contributed by atoms with Gasteiger partial charge in [0.15, 0.2) is 5.76 Å². The molecule has 0 bridgehead atoms. The highest BCUT2D eigenvalue weighted by atomic mass is 32.2. The number of rotatable bonds is 7. The summed E-state index contributed by atoms with van der Waals surface area (Å²) < 4.78 is 31.7. The summed E-state index contributed by atoms with van der Waals surface area (Å²) in [5, 5.41) is 8.51. The van der Waals surface area contributed by atoms with E-state index in [2.05, 4.69) is 15.2 Å². The normalized spacial score (nSPS) is 11.9. The summed E-state index contributed by atoms with van der Waals surface area (Å²) in [6.45, 7) is 5.42. The van der Waals surface area contributed by atoms with E-state index in [1.54, 1.807) is 24.4 Å². The van der Waals surface area contributed by atoms with Gasteiger partial charge in [0.05, 0.1) is 17.1 Å². The topological polar surface area (TPSA) is 84.2 Å². The van der Waals surface area contributed by atoms with Crippen LogP contribution in [0.25, 0.3) is 0 Å². The van der Waals surface area contributed by atoms with Gasteiger partial charge in [-0.05, 0) is 19.5 Å². The summed E-state index contributed by atoms with van der Waals surface area (Å²) in [6.07, 6.45) is 0. The molecule has 0 fully saturated rings. The van der Waals surface area contributed by atoms with Gasteiger partial charge in [-0.25, -0.2) is 13.1 Å². The zero-order valence-corrected chi connectivity index (χ0v) is 13.0. The largest absolute Gasteiger partial charge is 0.360 e. The van der Waals surface area contributed by atoms with Gasteiger partial charge in [-0.1, -0.05) is 12.1 Å². The average Bonchev–Trinajstić information content (AvgIpc) is 3.03. The number of aryl methyl sites for hydroxylation is 1. The monoisotopic (exact) mass is 315 g/mol. The van der Waals surface area contributed by atoms with E-state index in [1.165, 1.54) is 11.3 Å². The van der Waals surface area contributed by atoms with Gasteiger partial charge in [0.25, 0.3) is 0 Å². The van der Waals surface area contributed by atoms with Gasteiger partial charge in [-0.3, -0.25) is 0 Å². The molecule has 0 saturated carbocycles. The number of sulfonamides is 1. The van der Waals surface area contributed by atoms with E-state index in [9.17, 15) is 8.42 Å². The highest BCUT2D eigenvalue weighted by Crippen LogP contribution is 2.19. The molecule has 0 radical (unpaired) electrons. The van der Waals surface area contributed by atoms with Gasteiger partial charge >= 0.3 is 0 Å². The number of hydrogen-bond donors (Lipinski definition) is 2. The molecule has 0 aliphatic rings. The van der Waals surface area contributed by atoms with Crippen molar-refractivity contribution in [1.82, 2.24) is 15.2 Å². The molecule has 0 spiro atoms. The van der Waals surface area contributed by atoms with E-state index in [4.69, 9.17) is 4.52 Å². The van der Waals surface area contributed by atoms with Gasteiger partial charge in [-0.2, -0.15) is 0 Å². The Kier molecular flexibility index (Phi) is 4.92. The van der Waals surface area contributed by atoms with Crippen molar-refractivity contribution in [3.05, 3.63) is 33.8 Å². The van der Waals surface area contributed by atoms with Gasteiger partial charge < -0.3 is 9.84 Å². The maximum atomic E-state index is 12.1. The lowest BCUT2D eigenvalue weighted by Gasteiger charge is -2.02. The average molecular weight is 315 g/mol. The van der Waals surface area contributed by atoms with Crippen LogP contribution in [0.2, 0.25) is 0 Å². The van der Waals surface area contributed by atoms with Gasteiger partial charge in [0.1, 0.15) is 0 Å². The van der Waals surface area contributed by atoms with Crippen LogP contribution in [-0.4, -0.2) is 20.1 Å². The molecule has 0 atom stereocenters. The first-order valence-electron chi connectivity index (χ1n) is 6.21. The fraction of sp³-hybridized carbons (Fsp3) is 0.417. The van der Waals surface area contributed by atoms with Crippen molar-refractivity contribution in [1.29, 1.82) is 0 Å². The van der Waals surface area contributed by atoms with E-state index in [0.717, 1.165) is 17.1 Å². The third kappa shape index (κ3) is 3.89. The minimum atomic E-state index is -3.51. The fourth-order valence-electron chi connectivity index (χ4n) is 1.59. The highest BCUT2D eigenvalue weighted by Gasteiger charge is 2.16. The van der Waals surface area contributed by atoms with Crippen molar-refractivity contribution in [2.24, 2.45) is 0 Å². The summed E-state index contributed by atoms with van der Waals surface area (Å²) in [6, 6.07) is 3.38. The molecule has 8 heteroatoms. The summed E-state index contributed by atoms with van der Waals surface area (Å²) >= 11 is 1.42. The van der Waals surface area contributed by atoms with Crippen LogP contribution in [0.15, 0.2) is 26.9 Å². The molecule has 0 aliphatic heterocycles. The molecule has 6 nitrogen and oxygen atoms in total. The number of hydrogen-bond acceptors (Lipinski definition) is 6. The van der Waals surface area contributed by atoms with Crippen molar-refractivity contribution < 1.29 is 12.9 Å². The summed E-state index contributed by atoms with van der Waals surface area (Å²) in [7, 11) is -3.51. The quantitative estimate of drug-likeness (QED) is 0.811. The first-order valence-corrected chi connectivity index (χ1v) is 8.57. The van der Waals surface area contributed by atoms with E-state index in [-0.39, 0.29) is 11.4 Å². The predicted molar refractivity (Wildman–Crippen MR) is 77.0 cm³/mol. The summed E-state index contributed by atoms with van der Waals surface area (Å²) in [5.74, 6) is 0.495. The second-order valence-electron chi connectivity index (χ2n) is 4.29. The van der Waals surface area contributed by atoms with Crippen LogP contribution in [0.1, 0.15) is 23.3 Å². The molecule has 2 aromatic rings. The Balaban J connectivity index is 2.00. The maximum absolute atomic E-state index is 12.1. The zero-order chi connectivity index (χ0) is 14.6. The Morgan fingerprint density at radius 3 is 2.80 bits per heavy atom. The summed E-state index contributed by atoms with van der Waals surface area (Å²) in [5.41, 5.74) is 0.725. The second-order valence-corrected chi connectivity index (χ2v) is 7.05. The second kappa shape index (κ2) is 6.49. The van der Waals surface area contributed by atoms with Crippen LogP contribution in [0.3, 0.4) is 0 Å². The third-order valence-corrected chi connectivity index (χ3v) is 5.07. The first kappa shape index (κ1) is 15.2. The minimum Gasteiger partial charge on any atom is -0.360 e. The van der Waals surface area contributed by atoms with E-state index in [1.807, 2.05) is 6.92 Å². The Morgan fingerprint density at radius 1 is 1.35 bits per heavy atom. The first-order chi connectivity index (χ1) is 9.51. The lowest BCUT2D eigenvalue weighted by Crippen LogP contribution is -2.22. The third-order valence-electron chi connectivity index (χ3n) is 2.60. The van der Waals surface area contributed by atoms with E-state index < -0.39 is 10.0 Å². The fourth-order valence-corrected chi connectivity index (χ4v) is 3.83. The molecule has 2 N–H and O–H groups in total. The van der Waals surface area contributed by atoms with Crippen LogP contribution in [-0.2, 0) is 23.1 Å². The highest BCUT2D eigenvalue weighted by molar-refractivity contribution is 7.89. The molecule has 0 amide bonds. The number of aromatic nitrogens is 1. The van der Waals surface area contributed by atoms with Crippen molar-refractivity contribution in [2.75, 3.05) is 6.54 Å². The molecule has 0 aromatic carbocycles. The zero-order valence-electron chi connectivity index (χ0n) is 11.3. The lowest BCUT2D eigenvalue weighted by molar-refractivity contribution is 0.377. The van der Waals surface area contributed by atoms with Crippen LogP contribution in [0, 0.1) is 6.92 Å². The van der Waals surface area contributed by atoms with Gasteiger partial charge in [0, 0.05) is 22.9 Å². The van der Waals surface area contributed by atoms with Crippen LogP contribution < -0.4 is 10.0 Å². The van der Waals surface area contributed by atoms with Gasteiger partial charge in [-0.15, -0.1) is 11.3 Å². The van der Waals surface area contributed by atoms with Gasteiger partial charge in [0.2, 0.25) is 10.0 Å². The molecule has 20 heavy (non-hydrogen) atoms. The van der Waals surface area contributed by atoms with Crippen molar-refractivity contribution >= 4 is 21.4 Å². The van der Waals surface area contributed by atoms with E-state index in [0.29, 0.717) is 12.3 Å². The van der Waals surface area contributed by atoms with Crippen LogP contribution >= 0.6 is 11.3 Å². The Hall–Kier alpha value is -1.22. The Morgan fingerprint density at radius 2 is 2.15 bits per heavy atom. The molecule has 2 rings (SSSR count). The minimum absolute atomic E-state index is 0.0988. The summed E-state index contributed by atoms with van der Waals surface area (Å²) in [4.78, 5) is 1.27. The predicted octanol–water partition coefficient (Wildman–Crippen LogP) is 1.63. The molecule has 0 saturated heterocycles.